The third-order valence-electron chi connectivity index (χ3n) is 2.50. The maximum absolute atomic E-state index is 5.69. The molecule has 1 rings (SSSR count). The summed E-state index contributed by atoms with van der Waals surface area (Å²) in [5.74, 6) is 0.892. The van der Waals surface area contributed by atoms with Gasteiger partial charge in [0.15, 0.2) is 0 Å². The number of anilines is 2. The van der Waals surface area contributed by atoms with E-state index in [-0.39, 0.29) is 5.54 Å². The molecule has 0 bridgehead atoms. The van der Waals surface area contributed by atoms with Crippen LogP contribution in [0.2, 0.25) is 0 Å². The van der Waals surface area contributed by atoms with Crippen molar-refractivity contribution in [2.45, 2.75) is 39.7 Å². The van der Waals surface area contributed by atoms with E-state index in [1.807, 2.05) is 13.0 Å². The number of nitrogens with one attached hydrogen (secondary N) is 1. The number of hydrogen-bond acceptors (Lipinski definition) is 3. The Morgan fingerprint density at radius 1 is 1.50 bits per heavy atom. The molecule has 1 aromatic heterocycles. The van der Waals surface area contributed by atoms with Gasteiger partial charge in [-0.3, -0.25) is 0 Å². The Morgan fingerprint density at radius 3 is 2.64 bits per heavy atom. The van der Waals surface area contributed by atoms with Crippen LogP contribution in [0.25, 0.3) is 0 Å². The van der Waals surface area contributed by atoms with Crippen molar-refractivity contribution in [3.05, 3.63) is 17.8 Å². The molecule has 1 aromatic rings. The van der Waals surface area contributed by atoms with Gasteiger partial charge in [-0.25, -0.2) is 4.98 Å². The zero-order chi connectivity index (χ0) is 10.8. The van der Waals surface area contributed by atoms with Crippen molar-refractivity contribution in [1.29, 1.82) is 0 Å². The lowest BCUT2D eigenvalue weighted by Gasteiger charge is -2.25. The number of nitrogens with two attached hydrogens (primary N) is 1. The van der Waals surface area contributed by atoms with Crippen LogP contribution in [0.15, 0.2) is 12.3 Å². The van der Waals surface area contributed by atoms with Crippen LogP contribution >= 0.6 is 0 Å². The zero-order valence-corrected chi connectivity index (χ0v) is 9.39. The molecule has 14 heavy (non-hydrogen) atoms. The first-order valence-corrected chi connectivity index (χ1v) is 4.95. The highest BCUT2D eigenvalue weighted by atomic mass is 15.0. The van der Waals surface area contributed by atoms with Crippen molar-refractivity contribution < 1.29 is 0 Å². The van der Waals surface area contributed by atoms with E-state index < -0.39 is 0 Å². The number of aromatic nitrogens is 1. The highest BCUT2D eigenvalue weighted by Crippen LogP contribution is 2.18. The highest BCUT2D eigenvalue weighted by Gasteiger charge is 2.14. The maximum Gasteiger partial charge on any atom is 0.126 e. The molecule has 0 radical (unpaired) electrons. The first-order valence-electron chi connectivity index (χ1n) is 4.95. The molecule has 0 amide bonds. The number of aryl methyl sites for hydroxylation is 1. The van der Waals surface area contributed by atoms with Crippen LogP contribution in [0.4, 0.5) is 11.5 Å². The molecule has 0 aliphatic rings. The van der Waals surface area contributed by atoms with E-state index in [4.69, 9.17) is 5.73 Å². The highest BCUT2D eigenvalue weighted by molar-refractivity contribution is 5.51. The normalized spacial score (nSPS) is 11.4. The van der Waals surface area contributed by atoms with Crippen molar-refractivity contribution in [2.24, 2.45) is 0 Å². The second-order valence-electron chi connectivity index (χ2n) is 4.29. The third-order valence-corrected chi connectivity index (χ3v) is 2.50. The van der Waals surface area contributed by atoms with Gasteiger partial charge in [0.05, 0.1) is 11.9 Å². The fourth-order valence-corrected chi connectivity index (χ4v) is 1.07. The van der Waals surface area contributed by atoms with Crippen LogP contribution in [-0.2, 0) is 0 Å². The Hall–Kier alpha value is -1.25. The maximum atomic E-state index is 5.69. The smallest absolute Gasteiger partial charge is 0.126 e. The van der Waals surface area contributed by atoms with Gasteiger partial charge in [-0.1, -0.05) is 6.92 Å². The summed E-state index contributed by atoms with van der Waals surface area (Å²) in [6, 6.07) is 1.98. The first-order chi connectivity index (χ1) is 6.44. The Balaban J connectivity index is 2.83. The fourth-order valence-electron chi connectivity index (χ4n) is 1.07. The Kier molecular flexibility index (Phi) is 2.99. The summed E-state index contributed by atoms with van der Waals surface area (Å²) in [6.45, 7) is 8.44. The summed E-state index contributed by atoms with van der Waals surface area (Å²) >= 11 is 0. The summed E-state index contributed by atoms with van der Waals surface area (Å²) in [7, 11) is 0. The van der Waals surface area contributed by atoms with Crippen molar-refractivity contribution in [2.75, 3.05) is 11.1 Å². The van der Waals surface area contributed by atoms with E-state index in [9.17, 15) is 0 Å². The minimum absolute atomic E-state index is 0.0789. The molecule has 3 N–H and O–H groups in total. The lowest BCUT2D eigenvalue weighted by Crippen LogP contribution is -2.30. The zero-order valence-electron chi connectivity index (χ0n) is 9.39. The minimum atomic E-state index is 0.0789. The predicted molar refractivity (Wildman–Crippen MR) is 61.4 cm³/mol. The van der Waals surface area contributed by atoms with Gasteiger partial charge in [0.25, 0.3) is 0 Å². The molecule has 0 atom stereocenters. The molecule has 0 aliphatic carbocycles. The lowest BCUT2D eigenvalue weighted by molar-refractivity contribution is 0.545. The first kappa shape index (κ1) is 10.8. The number of nitrogens with zero attached hydrogens (tertiary/aromatic N) is 1. The van der Waals surface area contributed by atoms with Crippen molar-refractivity contribution in [1.82, 2.24) is 4.98 Å². The number of rotatable bonds is 3. The van der Waals surface area contributed by atoms with Gasteiger partial charge in [-0.05, 0) is 38.8 Å². The van der Waals surface area contributed by atoms with Crippen LogP contribution in [0.1, 0.15) is 32.8 Å². The molecule has 1 heterocycles. The number of nitrogen functional groups attached to an aromatic ring is 1. The summed E-state index contributed by atoms with van der Waals surface area (Å²) < 4.78 is 0. The molecule has 0 unspecified atom stereocenters. The summed E-state index contributed by atoms with van der Waals surface area (Å²) in [6.07, 6.45) is 2.75. The largest absolute Gasteiger partial charge is 0.397 e. The number of hydrogen-bond donors (Lipinski definition) is 2. The second-order valence-corrected chi connectivity index (χ2v) is 4.29. The molecular weight excluding hydrogens is 174 g/mol. The van der Waals surface area contributed by atoms with Gasteiger partial charge in [0.2, 0.25) is 0 Å². The Labute approximate surface area is 85.7 Å². The molecule has 3 nitrogen and oxygen atoms in total. The molecule has 0 aliphatic heterocycles. The van der Waals surface area contributed by atoms with Gasteiger partial charge in [-0.15, -0.1) is 0 Å². The molecule has 0 saturated carbocycles. The third kappa shape index (κ3) is 2.62. The van der Waals surface area contributed by atoms with Crippen LogP contribution in [0, 0.1) is 6.92 Å². The Bertz CT molecular complexity index is 318. The van der Waals surface area contributed by atoms with Gasteiger partial charge in [-0.2, -0.15) is 0 Å². The molecule has 0 spiro atoms. The minimum Gasteiger partial charge on any atom is -0.397 e. The van der Waals surface area contributed by atoms with E-state index >= 15 is 0 Å². The number of pyridine rings is 1. The van der Waals surface area contributed by atoms with Gasteiger partial charge in [0, 0.05) is 5.54 Å². The predicted octanol–water partition coefficient (Wildman–Crippen LogP) is 2.57. The lowest BCUT2D eigenvalue weighted by atomic mass is 10.0. The van der Waals surface area contributed by atoms with Gasteiger partial charge < -0.3 is 11.1 Å². The second kappa shape index (κ2) is 3.86. The molecule has 0 saturated heterocycles. The summed E-state index contributed by atoms with van der Waals surface area (Å²) in [5, 5.41) is 3.37. The standard InChI is InChI=1S/C11H19N3/c1-5-11(3,4)14-10-6-8(2)9(12)7-13-10/h6-7H,5,12H2,1-4H3,(H,13,14). The van der Waals surface area contributed by atoms with Crippen LogP contribution in [0.3, 0.4) is 0 Å². The summed E-state index contributed by atoms with van der Waals surface area (Å²) in [5.41, 5.74) is 7.58. The van der Waals surface area contributed by atoms with Crippen LogP contribution < -0.4 is 11.1 Å². The summed E-state index contributed by atoms with van der Waals surface area (Å²) in [4.78, 5) is 4.24. The fraction of sp³-hybridized carbons (Fsp3) is 0.545. The van der Waals surface area contributed by atoms with E-state index in [1.165, 1.54) is 0 Å². The molecular formula is C11H19N3. The van der Waals surface area contributed by atoms with Crippen molar-refractivity contribution >= 4 is 11.5 Å². The van der Waals surface area contributed by atoms with E-state index in [0.717, 1.165) is 23.5 Å². The van der Waals surface area contributed by atoms with Crippen molar-refractivity contribution in [3.8, 4) is 0 Å². The van der Waals surface area contributed by atoms with E-state index in [0.29, 0.717) is 0 Å². The monoisotopic (exact) mass is 193 g/mol. The van der Waals surface area contributed by atoms with Crippen molar-refractivity contribution in [3.63, 3.8) is 0 Å². The average Bonchev–Trinajstić information content (AvgIpc) is 2.11. The van der Waals surface area contributed by atoms with E-state index in [2.05, 4.69) is 31.1 Å². The SMILES string of the molecule is CCC(C)(C)Nc1cc(C)c(N)cn1. The van der Waals surface area contributed by atoms with E-state index in [1.54, 1.807) is 6.20 Å². The quantitative estimate of drug-likeness (QED) is 0.775. The average molecular weight is 193 g/mol. The molecule has 0 aromatic carbocycles. The molecule has 0 fully saturated rings. The van der Waals surface area contributed by atoms with Crippen LogP contribution in [-0.4, -0.2) is 10.5 Å². The Morgan fingerprint density at radius 2 is 2.14 bits per heavy atom. The van der Waals surface area contributed by atoms with Crippen LogP contribution in [0.5, 0.6) is 0 Å². The molecule has 78 valence electrons. The topological polar surface area (TPSA) is 50.9 Å². The van der Waals surface area contributed by atoms with Gasteiger partial charge >= 0.3 is 0 Å². The molecule has 3 heteroatoms. The van der Waals surface area contributed by atoms with Gasteiger partial charge in [0.1, 0.15) is 5.82 Å².